The van der Waals surface area contributed by atoms with Gasteiger partial charge in [-0.05, 0) is 26.0 Å². The second-order valence-electron chi connectivity index (χ2n) is 5.31. The molecule has 6 heteroatoms. The van der Waals surface area contributed by atoms with Crippen molar-refractivity contribution in [2.75, 3.05) is 26.3 Å². The van der Waals surface area contributed by atoms with Crippen molar-refractivity contribution in [1.82, 2.24) is 4.90 Å². The Bertz CT molecular complexity index is 506. The van der Waals surface area contributed by atoms with Crippen LogP contribution in [0, 0.1) is 0 Å². The zero-order chi connectivity index (χ0) is 15.4. The molecule has 1 N–H and O–H groups in total. The fourth-order valence-electron chi connectivity index (χ4n) is 2.31. The number of para-hydroxylation sites is 1. The normalized spacial score (nSPS) is 19.7. The number of benzene rings is 1. The Morgan fingerprint density at radius 2 is 2.33 bits per heavy atom. The van der Waals surface area contributed by atoms with Gasteiger partial charge < -0.3 is 14.6 Å². The van der Waals surface area contributed by atoms with Crippen LogP contribution in [0.1, 0.15) is 24.2 Å². The van der Waals surface area contributed by atoms with Crippen LogP contribution in [0.2, 0.25) is 5.02 Å². The van der Waals surface area contributed by atoms with Gasteiger partial charge in [0.05, 0.1) is 11.6 Å². The molecule has 1 aromatic rings. The van der Waals surface area contributed by atoms with Crippen molar-refractivity contribution in [1.29, 1.82) is 0 Å². The van der Waals surface area contributed by atoms with Crippen molar-refractivity contribution in [3.05, 3.63) is 28.8 Å². The lowest BCUT2D eigenvalue weighted by atomic mass is 10.2. The highest BCUT2D eigenvalue weighted by atomic mass is 35.5. The number of morpholine rings is 1. The number of carboxylic acids is 1. The molecule has 1 aromatic carbocycles. The molecule has 0 amide bonds. The lowest BCUT2D eigenvalue weighted by Crippen LogP contribution is -2.47. The van der Waals surface area contributed by atoms with Gasteiger partial charge >= 0.3 is 5.97 Å². The minimum atomic E-state index is -1.05. The lowest BCUT2D eigenvalue weighted by molar-refractivity contribution is -0.0565. The molecule has 0 saturated carbocycles. The molecule has 5 nitrogen and oxygen atoms in total. The largest absolute Gasteiger partial charge is 0.488 e. The monoisotopic (exact) mass is 313 g/mol. The van der Waals surface area contributed by atoms with Crippen LogP contribution in [0.3, 0.4) is 0 Å². The summed E-state index contributed by atoms with van der Waals surface area (Å²) >= 11 is 6.03. The molecule has 1 fully saturated rings. The molecule has 0 aliphatic carbocycles. The zero-order valence-corrected chi connectivity index (χ0v) is 13.0. The smallest absolute Gasteiger partial charge is 0.339 e. The number of rotatable bonds is 5. The third-order valence-electron chi connectivity index (χ3n) is 3.51. The van der Waals surface area contributed by atoms with Crippen molar-refractivity contribution in [3.63, 3.8) is 0 Å². The van der Waals surface area contributed by atoms with Crippen LogP contribution < -0.4 is 4.74 Å². The first-order valence-electron chi connectivity index (χ1n) is 6.99. The first kappa shape index (κ1) is 16.1. The fraction of sp³-hybridized carbons (Fsp3) is 0.533. The number of carboxylic acid groups (broad SMARTS) is 1. The van der Waals surface area contributed by atoms with Gasteiger partial charge in [0, 0.05) is 19.1 Å². The van der Waals surface area contributed by atoms with E-state index in [4.69, 9.17) is 26.2 Å². The molecular weight excluding hydrogens is 294 g/mol. The molecule has 0 radical (unpaired) electrons. The van der Waals surface area contributed by atoms with Crippen LogP contribution >= 0.6 is 11.6 Å². The van der Waals surface area contributed by atoms with Crippen molar-refractivity contribution < 1.29 is 19.4 Å². The van der Waals surface area contributed by atoms with Crippen molar-refractivity contribution in [2.45, 2.75) is 26.0 Å². The van der Waals surface area contributed by atoms with Gasteiger partial charge in [-0.2, -0.15) is 0 Å². The van der Waals surface area contributed by atoms with E-state index in [2.05, 4.69) is 18.7 Å². The molecule has 2 rings (SSSR count). The van der Waals surface area contributed by atoms with Crippen LogP contribution in [-0.4, -0.2) is 54.4 Å². The predicted octanol–water partition coefficient (Wildman–Crippen LogP) is 2.53. The summed E-state index contributed by atoms with van der Waals surface area (Å²) in [5.41, 5.74) is 0.0685. The zero-order valence-electron chi connectivity index (χ0n) is 12.2. The molecule has 1 aliphatic heterocycles. The average Bonchev–Trinajstić information content (AvgIpc) is 2.46. The number of aromatic carboxylic acids is 1. The molecule has 1 atom stereocenters. The number of nitrogens with zero attached hydrogens (tertiary/aromatic N) is 1. The Morgan fingerprint density at radius 3 is 3.00 bits per heavy atom. The molecular formula is C15H20ClNO4. The van der Waals surface area contributed by atoms with Gasteiger partial charge in [0.1, 0.15) is 18.3 Å². The van der Waals surface area contributed by atoms with E-state index in [9.17, 15) is 4.79 Å². The molecule has 116 valence electrons. The van der Waals surface area contributed by atoms with Gasteiger partial charge in [-0.1, -0.05) is 17.7 Å². The highest BCUT2D eigenvalue weighted by molar-refractivity contribution is 6.32. The summed E-state index contributed by atoms with van der Waals surface area (Å²) in [7, 11) is 0. The maximum atomic E-state index is 11.2. The Kier molecular flexibility index (Phi) is 5.45. The Hall–Kier alpha value is -1.30. The number of halogens is 1. The van der Waals surface area contributed by atoms with Crippen molar-refractivity contribution in [3.8, 4) is 5.75 Å². The molecule has 0 bridgehead atoms. The predicted molar refractivity (Wildman–Crippen MR) is 80.4 cm³/mol. The lowest BCUT2D eigenvalue weighted by Gasteiger charge is -2.35. The number of carbonyl (C=O) groups is 1. The van der Waals surface area contributed by atoms with E-state index in [1.165, 1.54) is 6.07 Å². The summed E-state index contributed by atoms with van der Waals surface area (Å²) in [6.07, 6.45) is -0.0842. The SMILES string of the molecule is CC(C)N1CCOC(COc2c(Cl)cccc2C(=O)O)C1. The van der Waals surface area contributed by atoms with Crippen LogP contribution in [0.25, 0.3) is 0 Å². The number of hydrogen-bond donors (Lipinski definition) is 1. The van der Waals surface area contributed by atoms with E-state index in [1.54, 1.807) is 12.1 Å². The summed E-state index contributed by atoms with van der Waals surface area (Å²) in [4.78, 5) is 13.5. The second kappa shape index (κ2) is 7.11. The third-order valence-corrected chi connectivity index (χ3v) is 3.81. The van der Waals surface area contributed by atoms with Crippen LogP contribution in [-0.2, 0) is 4.74 Å². The van der Waals surface area contributed by atoms with Gasteiger partial charge in [-0.25, -0.2) is 4.79 Å². The van der Waals surface area contributed by atoms with E-state index < -0.39 is 5.97 Å². The summed E-state index contributed by atoms with van der Waals surface area (Å²) in [5.74, 6) is -0.849. The highest BCUT2D eigenvalue weighted by Gasteiger charge is 2.24. The topological polar surface area (TPSA) is 59.0 Å². The van der Waals surface area contributed by atoms with Crippen LogP contribution in [0.4, 0.5) is 0 Å². The summed E-state index contributed by atoms with van der Waals surface area (Å²) < 4.78 is 11.3. The number of ether oxygens (including phenoxy) is 2. The minimum Gasteiger partial charge on any atom is -0.488 e. The van der Waals surface area contributed by atoms with E-state index in [-0.39, 0.29) is 24.0 Å². The van der Waals surface area contributed by atoms with Crippen LogP contribution in [0.15, 0.2) is 18.2 Å². The first-order valence-corrected chi connectivity index (χ1v) is 7.37. The van der Waals surface area contributed by atoms with Gasteiger partial charge in [0.2, 0.25) is 0 Å². The van der Waals surface area contributed by atoms with Gasteiger partial charge in [-0.15, -0.1) is 0 Å². The van der Waals surface area contributed by atoms with Gasteiger partial charge in [-0.3, -0.25) is 4.90 Å². The highest BCUT2D eigenvalue weighted by Crippen LogP contribution is 2.29. The Balaban J connectivity index is 2.01. The van der Waals surface area contributed by atoms with E-state index in [0.717, 1.165) is 13.1 Å². The van der Waals surface area contributed by atoms with Gasteiger partial charge in [0.15, 0.2) is 5.75 Å². The summed E-state index contributed by atoms with van der Waals surface area (Å²) in [5, 5.41) is 9.46. The molecule has 1 saturated heterocycles. The van der Waals surface area contributed by atoms with Crippen molar-refractivity contribution >= 4 is 17.6 Å². The standard InChI is InChI=1S/C15H20ClNO4/c1-10(2)17-6-7-20-11(8-17)9-21-14-12(15(18)19)4-3-5-13(14)16/h3-5,10-11H,6-9H2,1-2H3,(H,18,19). The van der Waals surface area contributed by atoms with E-state index >= 15 is 0 Å². The fourth-order valence-corrected chi connectivity index (χ4v) is 2.54. The van der Waals surface area contributed by atoms with Crippen LogP contribution in [0.5, 0.6) is 5.75 Å². The molecule has 21 heavy (non-hydrogen) atoms. The first-order chi connectivity index (χ1) is 9.99. The third kappa shape index (κ3) is 4.09. The molecule has 1 unspecified atom stereocenters. The minimum absolute atomic E-state index is 0.0685. The quantitative estimate of drug-likeness (QED) is 0.905. The molecule has 0 spiro atoms. The van der Waals surface area contributed by atoms with Crippen molar-refractivity contribution in [2.24, 2.45) is 0 Å². The number of hydrogen-bond acceptors (Lipinski definition) is 4. The molecule has 1 heterocycles. The average molecular weight is 314 g/mol. The molecule has 0 aromatic heterocycles. The van der Waals surface area contributed by atoms with Gasteiger partial charge in [0.25, 0.3) is 0 Å². The maximum absolute atomic E-state index is 11.2. The molecule has 1 aliphatic rings. The summed E-state index contributed by atoms with van der Waals surface area (Å²) in [6.45, 7) is 6.89. The summed E-state index contributed by atoms with van der Waals surface area (Å²) in [6, 6.07) is 5.14. The Morgan fingerprint density at radius 1 is 1.57 bits per heavy atom. The van der Waals surface area contributed by atoms with E-state index in [1.807, 2.05) is 0 Å². The second-order valence-corrected chi connectivity index (χ2v) is 5.72. The Labute approximate surface area is 129 Å². The maximum Gasteiger partial charge on any atom is 0.339 e. The van der Waals surface area contributed by atoms with E-state index in [0.29, 0.717) is 17.7 Å².